The van der Waals surface area contributed by atoms with Gasteiger partial charge in [-0.3, -0.25) is 14.5 Å². The molecular formula is C16H21N3O4. The molecule has 7 nitrogen and oxygen atoms in total. The predicted molar refractivity (Wildman–Crippen MR) is 81.2 cm³/mol. The zero-order valence-corrected chi connectivity index (χ0v) is 13.1. The molecule has 23 heavy (non-hydrogen) atoms. The van der Waals surface area contributed by atoms with E-state index in [0.29, 0.717) is 24.5 Å². The second kappa shape index (κ2) is 6.06. The van der Waals surface area contributed by atoms with Gasteiger partial charge in [0.2, 0.25) is 5.91 Å². The highest BCUT2D eigenvalue weighted by Gasteiger charge is 2.52. The normalized spacial score (nSPS) is 27.3. The Bertz CT molecular complexity index is 603. The van der Waals surface area contributed by atoms with Gasteiger partial charge in [0, 0.05) is 0 Å². The van der Waals surface area contributed by atoms with E-state index >= 15 is 0 Å². The van der Waals surface area contributed by atoms with Crippen LogP contribution in [0.15, 0.2) is 22.8 Å². The minimum Gasteiger partial charge on any atom is -0.467 e. The Morgan fingerprint density at radius 2 is 2.17 bits per heavy atom. The van der Waals surface area contributed by atoms with Gasteiger partial charge in [0.15, 0.2) is 0 Å². The highest BCUT2D eigenvalue weighted by atomic mass is 16.3. The zero-order chi connectivity index (χ0) is 16.4. The summed E-state index contributed by atoms with van der Waals surface area (Å²) in [4.78, 5) is 37.7. The van der Waals surface area contributed by atoms with E-state index in [1.165, 1.54) is 6.26 Å². The van der Waals surface area contributed by atoms with Gasteiger partial charge < -0.3 is 15.1 Å². The number of carbonyl (C=O) groups is 3. The fourth-order valence-corrected chi connectivity index (χ4v) is 3.21. The van der Waals surface area contributed by atoms with E-state index in [4.69, 9.17) is 4.42 Å². The van der Waals surface area contributed by atoms with Crippen molar-refractivity contribution < 1.29 is 18.8 Å². The van der Waals surface area contributed by atoms with Gasteiger partial charge in [0.1, 0.15) is 17.8 Å². The largest absolute Gasteiger partial charge is 0.467 e. The van der Waals surface area contributed by atoms with Gasteiger partial charge in [-0.1, -0.05) is 6.92 Å². The molecule has 1 aromatic rings. The Morgan fingerprint density at radius 1 is 1.43 bits per heavy atom. The van der Waals surface area contributed by atoms with Crippen LogP contribution >= 0.6 is 0 Å². The Balaban J connectivity index is 1.58. The van der Waals surface area contributed by atoms with Crippen LogP contribution < -0.4 is 10.6 Å². The molecule has 1 aromatic heterocycles. The van der Waals surface area contributed by atoms with Crippen LogP contribution in [0.3, 0.4) is 0 Å². The van der Waals surface area contributed by atoms with E-state index < -0.39 is 11.6 Å². The number of rotatable bonds is 4. The molecule has 124 valence electrons. The molecule has 0 unspecified atom stereocenters. The summed E-state index contributed by atoms with van der Waals surface area (Å²) in [6.07, 6.45) is 4.62. The second-order valence-electron chi connectivity index (χ2n) is 6.44. The molecule has 1 aliphatic heterocycles. The van der Waals surface area contributed by atoms with E-state index in [-0.39, 0.29) is 24.9 Å². The van der Waals surface area contributed by atoms with Crippen molar-refractivity contribution in [3.05, 3.63) is 24.2 Å². The molecule has 0 bridgehead atoms. The van der Waals surface area contributed by atoms with Crippen LogP contribution in [-0.4, -0.2) is 34.8 Å². The maximum absolute atomic E-state index is 12.6. The summed E-state index contributed by atoms with van der Waals surface area (Å²) in [6.45, 7) is 2.12. The highest BCUT2D eigenvalue weighted by Crippen LogP contribution is 2.36. The number of amides is 4. The molecule has 2 N–H and O–H groups in total. The summed E-state index contributed by atoms with van der Waals surface area (Å²) < 4.78 is 5.12. The number of imide groups is 1. The van der Waals surface area contributed by atoms with Crippen LogP contribution in [0, 0.1) is 5.92 Å². The molecule has 0 radical (unpaired) electrons. The molecule has 1 saturated heterocycles. The monoisotopic (exact) mass is 319 g/mol. The zero-order valence-electron chi connectivity index (χ0n) is 13.1. The van der Waals surface area contributed by atoms with Crippen LogP contribution in [0.2, 0.25) is 0 Å². The van der Waals surface area contributed by atoms with Crippen molar-refractivity contribution in [3.63, 3.8) is 0 Å². The summed E-state index contributed by atoms with van der Waals surface area (Å²) >= 11 is 0. The van der Waals surface area contributed by atoms with E-state index in [0.717, 1.165) is 17.7 Å². The minimum atomic E-state index is -0.801. The number of carbonyl (C=O) groups excluding carboxylic acids is 3. The highest BCUT2D eigenvalue weighted by molar-refractivity contribution is 6.09. The van der Waals surface area contributed by atoms with Gasteiger partial charge in [-0.25, -0.2) is 4.79 Å². The number of hydrogen-bond donors (Lipinski definition) is 2. The molecule has 0 atom stereocenters. The quantitative estimate of drug-likeness (QED) is 0.821. The first-order chi connectivity index (χ1) is 11.0. The molecule has 1 spiro atoms. The van der Waals surface area contributed by atoms with Crippen molar-refractivity contribution in [2.24, 2.45) is 5.92 Å². The lowest BCUT2D eigenvalue weighted by atomic mass is 9.77. The molecule has 0 aromatic carbocycles. The molecule has 2 fully saturated rings. The lowest BCUT2D eigenvalue weighted by Gasteiger charge is -2.33. The number of urea groups is 1. The molecule has 4 amide bonds. The third-order valence-corrected chi connectivity index (χ3v) is 4.72. The van der Waals surface area contributed by atoms with E-state index in [2.05, 4.69) is 17.6 Å². The molecule has 2 heterocycles. The maximum Gasteiger partial charge on any atom is 0.325 e. The first-order valence-electron chi connectivity index (χ1n) is 7.93. The molecule has 7 heteroatoms. The minimum absolute atomic E-state index is 0.234. The average molecular weight is 319 g/mol. The Labute approximate surface area is 134 Å². The van der Waals surface area contributed by atoms with Crippen molar-refractivity contribution in [2.75, 3.05) is 6.54 Å². The maximum atomic E-state index is 12.6. The molecule has 2 aliphatic rings. The van der Waals surface area contributed by atoms with Crippen molar-refractivity contribution >= 4 is 17.8 Å². The molecular weight excluding hydrogens is 298 g/mol. The van der Waals surface area contributed by atoms with Crippen molar-refractivity contribution in [1.82, 2.24) is 15.5 Å². The summed E-state index contributed by atoms with van der Waals surface area (Å²) in [7, 11) is 0. The van der Waals surface area contributed by atoms with Crippen LogP contribution in [0.5, 0.6) is 0 Å². The van der Waals surface area contributed by atoms with E-state index in [1.807, 2.05) is 0 Å². The summed E-state index contributed by atoms with van der Waals surface area (Å²) in [6, 6.07) is 3.00. The van der Waals surface area contributed by atoms with Gasteiger partial charge >= 0.3 is 6.03 Å². The van der Waals surface area contributed by atoms with Crippen LogP contribution in [0.25, 0.3) is 0 Å². The summed E-state index contributed by atoms with van der Waals surface area (Å²) in [5.74, 6) is 0.526. The van der Waals surface area contributed by atoms with Crippen LogP contribution in [0.1, 0.15) is 38.4 Å². The van der Waals surface area contributed by atoms with Gasteiger partial charge in [-0.15, -0.1) is 0 Å². The van der Waals surface area contributed by atoms with Gasteiger partial charge in [0.05, 0.1) is 12.8 Å². The van der Waals surface area contributed by atoms with E-state index in [1.54, 1.807) is 12.1 Å². The Kier molecular flexibility index (Phi) is 4.11. The number of hydrogen-bond acceptors (Lipinski definition) is 4. The fourth-order valence-electron chi connectivity index (χ4n) is 3.21. The van der Waals surface area contributed by atoms with Gasteiger partial charge in [-0.2, -0.15) is 0 Å². The van der Waals surface area contributed by atoms with Crippen molar-refractivity contribution in [2.45, 2.75) is 44.7 Å². The van der Waals surface area contributed by atoms with Gasteiger partial charge in [0.25, 0.3) is 5.91 Å². The smallest absolute Gasteiger partial charge is 0.325 e. The molecule has 1 saturated carbocycles. The van der Waals surface area contributed by atoms with E-state index in [9.17, 15) is 14.4 Å². The van der Waals surface area contributed by atoms with Crippen LogP contribution in [-0.2, 0) is 16.1 Å². The average Bonchev–Trinajstić information content (AvgIpc) is 3.12. The van der Waals surface area contributed by atoms with Crippen LogP contribution in [0.4, 0.5) is 4.79 Å². The Hall–Kier alpha value is -2.31. The molecule has 1 aliphatic carbocycles. The number of nitrogens with one attached hydrogen (secondary N) is 2. The summed E-state index contributed by atoms with van der Waals surface area (Å²) in [5, 5.41) is 5.45. The first kappa shape index (κ1) is 15.6. The van der Waals surface area contributed by atoms with Crippen molar-refractivity contribution in [1.29, 1.82) is 0 Å². The number of furan rings is 1. The number of nitrogens with zero attached hydrogens (tertiary/aromatic N) is 1. The van der Waals surface area contributed by atoms with Crippen molar-refractivity contribution in [3.8, 4) is 0 Å². The Morgan fingerprint density at radius 3 is 2.83 bits per heavy atom. The standard InChI is InChI=1S/C16H21N3O4/c1-11-4-6-16(7-5-11)14(21)19(15(22)18-16)10-13(20)17-9-12-3-2-8-23-12/h2-3,8,11H,4-7,9-10H2,1H3,(H,17,20)(H,18,22). The second-order valence-corrected chi connectivity index (χ2v) is 6.44. The third-order valence-electron chi connectivity index (χ3n) is 4.72. The summed E-state index contributed by atoms with van der Waals surface area (Å²) in [5.41, 5.74) is -0.801. The predicted octanol–water partition coefficient (Wildman–Crippen LogP) is 1.40. The van der Waals surface area contributed by atoms with Gasteiger partial charge in [-0.05, 0) is 43.7 Å². The topological polar surface area (TPSA) is 91.7 Å². The fraction of sp³-hybridized carbons (Fsp3) is 0.562. The lowest BCUT2D eigenvalue weighted by molar-refractivity contribution is -0.136. The molecule has 3 rings (SSSR count). The first-order valence-corrected chi connectivity index (χ1v) is 7.93. The SMILES string of the molecule is CC1CCC2(CC1)NC(=O)N(CC(=O)NCc1ccco1)C2=O. The lowest BCUT2D eigenvalue weighted by Crippen LogP contribution is -2.49. The third kappa shape index (κ3) is 3.09.